The number of hydrogen-bond acceptors (Lipinski definition) is 3. The summed E-state index contributed by atoms with van der Waals surface area (Å²) in [5.74, 6) is 0.425. The Morgan fingerprint density at radius 1 is 1.21 bits per heavy atom. The third kappa shape index (κ3) is 5.66. The summed E-state index contributed by atoms with van der Waals surface area (Å²) < 4.78 is 39.3. The molecule has 152 valence electrons. The molecule has 1 heterocycles. The molecular formula is C22H27F3N2O. The maximum atomic E-state index is 11.7. The van der Waals surface area contributed by atoms with Gasteiger partial charge in [-0.3, -0.25) is 4.98 Å². The van der Waals surface area contributed by atoms with Crippen LogP contribution in [-0.2, 0) is 11.2 Å². The number of alkyl halides is 3. The zero-order valence-electron chi connectivity index (χ0n) is 16.4. The Labute approximate surface area is 164 Å². The minimum atomic E-state index is -4.29. The Kier molecular flexibility index (Phi) is 8.20. The van der Waals surface area contributed by atoms with Crippen molar-refractivity contribution in [1.82, 2.24) is 10.3 Å². The highest BCUT2D eigenvalue weighted by Gasteiger charge is 2.37. The molecule has 1 aromatic carbocycles. The van der Waals surface area contributed by atoms with Gasteiger partial charge in [-0.25, -0.2) is 0 Å². The van der Waals surface area contributed by atoms with Gasteiger partial charge in [0.25, 0.3) is 0 Å². The van der Waals surface area contributed by atoms with E-state index < -0.39 is 12.3 Å². The van der Waals surface area contributed by atoms with Crippen molar-refractivity contribution >= 4 is 0 Å². The second-order valence-corrected chi connectivity index (χ2v) is 6.62. The number of aryl methyl sites for hydroxylation is 1. The van der Waals surface area contributed by atoms with E-state index in [0.29, 0.717) is 12.0 Å². The van der Waals surface area contributed by atoms with E-state index in [1.807, 2.05) is 18.5 Å². The second kappa shape index (κ2) is 10.4. The molecule has 0 amide bonds. The van der Waals surface area contributed by atoms with Gasteiger partial charge in [0, 0.05) is 31.5 Å². The van der Waals surface area contributed by atoms with Crippen molar-refractivity contribution in [2.75, 3.05) is 14.2 Å². The molecule has 1 aromatic heterocycles. The highest BCUT2D eigenvalue weighted by molar-refractivity contribution is 5.41. The number of methoxy groups -OCH3 is 1. The lowest BCUT2D eigenvalue weighted by Gasteiger charge is -2.33. The number of pyridine rings is 1. The molecule has 1 aliphatic rings. The van der Waals surface area contributed by atoms with E-state index in [1.54, 1.807) is 0 Å². The van der Waals surface area contributed by atoms with Crippen LogP contribution in [0.4, 0.5) is 13.2 Å². The van der Waals surface area contributed by atoms with E-state index in [4.69, 9.17) is 0 Å². The maximum Gasteiger partial charge on any atom is 0.418 e. The molecule has 2 aromatic rings. The Morgan fingerprint density at radius 3 is 2.50 bits per heavy atom. The lowest BCUT2D eigenvalue weighted by Crippen LogP contribution is -2.36. The summed E-state index contributed by atoms with van der Waals surface area (Å²) in [7, 11) is 3.08. The molecule has 3 nitrogen and oxygen atoms in total. The van der Waals surface area contributed by atoms with Crippen molar-refractivity contribution in [2.24, 2.45) is 0 Å². The molecule has 3 atom stereocenters. The van der Waals surface area contributed by atoms with Crippen LogP contribution in [0, 0.1) is 0 Å². The van der Waals surface area contributed by atoms with Crippen LogP contribution in [0.1, 0.15) is 36.0 Å². The first-order valence-corrected chi connectivity index (χ1v) is 9.29. The molecule has 0 bridgehead atoms. The average Bonchev–Trinajstić information content (AvgIpc) is 2.71. The number of rotatable bonds is 4. The number of benzene rings is 1. The predicted molar refractivity (Wildman–Crippen MR) is 105 cm³/mol. The van der Waals surface area contributed by atoms with Gasteiger partial charge in [-0.15, -0.1) is 0 Å². The van der Waals surface area contributed by atoms with Crippen LogP contribution in [0.5, 0.6) is 0 Å². The van der Waals surface area contributed by atoms with Gasteiger partial charge in [-0.2, -0.15) is 13.2 Å². The van der Waals surface area contributed by atoms with E-state index in [-0.39, 0.29) is 0 Å². The summed E-state index contributed by atoms with van der Waals surface area (Å²) in [4.78, 5) is 4.27. The fourth-order valence-electron chi connectivity index (χ4n) is 3.54. The van der Waals surface area contributed by atoms with Gasteiger partial charge < -0.3 is 10.1 Å². The SMILES string of the molecule is C/C=C\C(OC)C(F)(F)F.CNC1CCc2ccccc2C1c1cccnc1. The summed E-state index contributed by atoms with van der Waals surface area (Å²) in [5.41, 5.74) is 4.25. The van der Waals surface area contributed by atoms with Crippen molar-refractivity contribution in [3.05, 3.63) is 77.6 Å². The number of nitrogens with one attached hydrogen (secondary N) is 1. The summed E-state index contributed by atoms with van der Waals surface area (Å²) in [6.07, 6.45) is 2.40. The highest BCUT2D eigenvalue weighted by atomic mass is 19.4. The number of halogens is 3. The lowest BCUT2D eigenvalue weighted by atomic mass is 9.76. The number of allylic oxidation sites excluding steroid dienone is 1. The van der Waals surface area contributed by atoms with Crippen LogP contribution >= 0.6 is 0 Å². The Morgan fingerprint density at radius 2 is 1.96 bits per heavy atom. The average molecular weight is 392 g/mol. The molecule has 28 heavy (non-hydrogen) atoms. The van der Waals surface area contributed by atoms with Crippen LogP contribution in [-0.4, -0.2) is 37.5 Å². The van der Waals surface area contributed by atoms with Crippen LogP contribution < -0.4 is 5.32 Å². The number of hydrogen-bond donors (Lipinski definition) is 1. The first kappa shape index (κ1) is 22.1. The smallest absolute Gasteiger partial charge is 0.368 e. The normalized spacial score (nSPS) is 20.2. The Bertz CT molecular complexity index is 747. The summed E-state index contributed by atoms with van der Waals surface area (Å²) in [5, 5.41) is 3.47. The van der Waals surface area contributed by atoms with Gasteiger partial charge in [0.15, 0.2) is 6.10 Å². The Balaban J connectivity index is 0.000000242. The molecule has 1 aliphatic carbocycles. The maximum absolute atomic E-state index is 11.7. The number of ether oxygens (including phenoxy) is 1. The quantitative estimate of drug-likeness (QED) is 0.753. The molecule has 0 saturated carbocycles. The minimum absolute atomic E-state index is 0.425. The largest absolute Gasteiger partial charge is 0.418 e. The lowest BCUT2D eigenvalue weighted by molar-refractivity contribution is -0.196. The minimum Gasteiger partial charge on any atom is -0.368 e. The van der Waals surface area contributed by atoms with Gasteiger partial charge in [-0.05, 0) is 49.6 Å². The topological polar surface area (TPSA) is 34.1 Å². The number of aromatic nitrogens is 1. The summed E-state index contributed by atoms with van der Waals surface area (Å²) in [6.45, 7) is 1.51. The van der Waals surface area contributed by atoms with Crippen LogP contribution in [0.25, 0.3) is 0 Å². The standard InChI is InChI=1S/C16H18N2.C6H9F3O/c1-17-15-9-8-12-5-2-3-7-14(12)16(15)13-6-4-10-18-11-13;1-3-4-5(10-2)6(7,8)9/h2-7,10-11,15-17H,8-9H2,1H3;3-5H,1-2H3/b;4-3-. The second-order valence-electron chi connectivity index (χ2n) is 6.62. The highest BCUT2D eigenvalue weighted by Crippen LogP contribution is 2.36. The molecular weight excluding hydrogens is 365 g/mol. The first-order chi connectivity index (χ1) is 13.4. The molecule has 0 saturated heterocycles. The van der Waals surface area contributed by atoms with E-state index in [9.17, 15) is 13.2 Å². The third-order valence-corrected chi connectivity index (χ3v) is 4.88. The molecule has 3 unspecified atom stereocenters. The van der Waals surface area contributed by atoms with Crippen LogP contribution in [0.15, 0.2) is 60.9 Å². The zero-order chi connectivity index (χ0) is 20.6. The van der Waals surface area contributed by atoms with Crippen molar-refractivity contribution in [2.45, 2.75) is 44.0 Å². The van der Waals surface area contributed by atoms with Gasteiger partial charge >= 0.3 is 6.18 Å². The van der Waals surface area contributed by atoms with E-state index >= 15 is 0 Å². The molecule has 0 spiro atoms. The van der Waals surface area contributed by atoms with E-state index in [1.165, 1.54) is 42.5 Å². The number of nitrogens with zero attached hydrogens (tertiary/aromatic N) is 1. The monoisotopic (exact) mass is 392 g/mol. The van der Waals surface area contributed by atoms with Crippen molar-refractivity contribution in [3.8, 4) is 0 Å². The van der Waals surface area contributed by atoms with Crippen molar-refractivity contribution < 1.29 is 17.9 Å². The van der Waals surface area contributed by atoms with Gasteiger partial charge in [0.1, 0.15) is 0 Å². The zero-order valence-corrected chi connectivity index (χ0v) is 16.4. The first-order valence-electron chi connectivity index (χ1n) is 9.29. The van der Waals surface area contributed by atoms with E-state index in [0.717, 1.165) is 13.2 Å². The molecule has 1 N–H and O–H groups in total. The van der Waals surface area contributed by atoms with Gasteiger partial charge in [0.05, 0.1) is 0 Å². The molecule has 6 heteroatoms. The molecule has 0 aliphatic heterocycles. The van der Waals surface area contributed by atoms with Crippen molar-refractivity contribution in [1.29, 1.82) is 0 Å². The molecule has 3 rings (SSSR count). The third-order valence-electron chi connectivity index (χ3n) is 4.88. The van der Waals surface area contributed by atoms with E-state index in [2.05, 4.69) is 52.4 Å². The fourth-order valence-corrected chi connectivity index (χ4v) is 3.54. The number of likely N-dealkylation sites (N-methyl/N-ethyl adjacent to an activating group) is 1. The van der Waals surface area contributed by atoms with Gasteiger partial charge in [-0.1, -0.05) is 42.5 Å². The fraction of sp³-hybridized carbons (Fsp3) is 0.409. The molecule has 0 fully saturated rings. The van der Waals surface area contributed by atoms with Crippen LogP contribution in [0.3, 0.4) is 0 Å². The molecule has 0 radical (unpaired) electrons. The predicted octanol–water partition coefficient (Wildman–Crippen LogP) is 4.89. The van der Waals surface area contributed by atoms with Crippen molar-refractivity contribution in [3.63, 3.8) is 0 Å². The van der Waals surface area contributed by atoms with Crippen LogP contribution in [0.2, 0.25) is 0 Å². The van der Waals surface area contributed by atoms with Gasteiger partial charge in [0.2, 0.25) is 0 Å². The Hall–Kier alpha value is -2.18. The summed E-state index contributed by atoms with van der Waals surface area (Å²) >= 11 is 0. The summed E-state index contributed by atoms with van der Waals surface area (Å²) in [6, 6.07) is 13.5. The number of fused-ring (bicyclic) bond motifs is 1.